The molecule has 1 atom stereocenters. The minimum atomic E-state index is -0.243. The molecule has 1 saturated carbocycles. The smallest absolute Gasteiger partial charge is 0.408 e. The van der Waals surface area contributed by atoms with E-state index in [-0.39, 0.29) is 5.76 Å². The topological polar surface area (TPSA) is 47.2 Å². The van der Waals surface area contributed by atoms with Crippen molar-refractivity contribution in [3.63, 3.8) is 0 Å². The van der Waals surface area contributed by atoms with Crippen molar-refractivity contribution in [3.05, 3.63) is 34.8 Å². The number of nitrogens with one attached hydrogen (secondary N) is 1. The summed E-state index contributed by atoms with van der Waals surface area (Å²) in [5.74, 6) is 0.433. The normalized spacial score (nSPS) is 17.9. The first-order valence-corrected chi connectivity index (χ1v) is 7.61. The highest BCUT2D eigenvalue weighted by Crippen LogP contribution is 2.28. The average Bonchev–Trinajstić information content (AvgIpc) is 3.07. The molecular formula is C16H22N2O2. The lowest BCUT2D eigenvalue weighted by atomic mass is 9.98. The standard InChI is InChI=1S/C16H22N2O2/c1-2-17-13(12-7-3-4-8-12)11-18-14-9-5-6-10-15(14)20-16(18)19/h5-6,9-10,12-13,17H,2-4,7-8,11H2,1H3. The van der Waals surface area contributed by atoms with Gasteiger partial charge < -0.3 is 9.73 Å². The molecule has 1 aliphatic carbocycles. The predicted octanol–water partition coefficient (Wildman–Crippen LogP) is 2.76. The Bertz CT molecular complexity index is 623. The number of hydrogen-bond acceptors (Lipinski definition) is 3. The van der Waals surface area contributed by atoms with Gasteiger partial charge in [-0.15, -0.1) is 0 Å². The van der Waals surface area contributed by atoms with Gasteiger partial charge in [-0.05, 0) is 37.4 Å². The Labute approximate surface area is 118 Å². The average molecular weight is 274 g/mol. The Balaban J connectivity index is 1.89. The van der Waals surface area contributed by atoms with E-state index in [1.807, 2.05) is 24.3 Å². The van der Waals surface area contributed by atoms with E-state index < -0.39 is 0 Å². The van der Waals surface area contributed by atoms with Crippen molar-refractivity contribution in [1.82, 2.24) is 9.88 Å². The molecule has 1 aromatic heterocycles. The van der Waals surface area contributed by atoms with Crippen LogP contribution in [0.2, 0.25) is 0 Å². The monoisotopic (exact) mass is 274 g/mol. The first kappa shape index (κ1) is 13.4. The van der Waals surface area contributed by atoms with Crippen LogP contribution in [0.3, 0.4) is 0 Å². The molecule has 2 aromatic rings. The maximum absolute atomic E-state index is 12.1. The van der Waals surface area contributed by atoms with Crippen LogP contribution in [-0.2, 0) is 6.54 Å². The van der Waals surface area contributed by atoms with Crippen LogP contribution in [0.5, 0.6) is 0 Å². The van der Waals surface area contributed by atoms with Crippen LogP contribution in [0.1, 0.15) is 32.6 Å². The fourth-order valence-corrected chi connectivity index (χ4v) is 3.39. The van der Waals surface area contributed by atoms with Crippen LogP contribution in [-0.4, -0.2) is 17.2 Å². The number of fused-ring (bicyclic) bond motifs is 1. The molecule has 0 radical (unpaired) electrons. The van der Waals surface area contributed by atoms with E-state index >= 15 is 0 Å². The summed E-state index contributed by atoms with van der Waals surface area (Å²) in [6.45, 7) is 3.76. The number of hydrogen-bond donors (Lipinski definition) is 1. The van der Waals surface area contributed by atoms with Gasteiger partial charge in [0, 0.05) is 12.6 Å². The van der Waals surface area contributed by atoms with Crippen molar-refractivity contribution in [2.45, 2.75) is 45.2 Å². The Morgan fingerprint density at radius 1 is 1.35 bits per heavy atom. The molecular weight excluding hydrogens is 252 g/mol. The number of para-hydroxylation sites is 2. The van der Waals surface area contributed by atoms with Crippen LogP contribution in [0.4, 0.5) is 0 Å². The number of aromatic nitrogens is 1. The number of nitrogens with zero attached hydrogens (tertiary/aromatic N) is 1. The third-order valence-electron chi connectivity index (χ3n) is 4.39. The van der Waals surface area contributed by atoms with Crippen LogP contribution in [0.25, 0.3) is 11.1 Å². The maximum atomic E-state index is 12.1. The lowest BCUT2D eigenvalue weighted by molar-refractivity contribution is 0.320. The van der Waals surface area contributed by atoms with Gasteiger partial charge in [0.1, 0.15) is 0 Å². The van der Waals surface area contributed by atoms with Crippen molar-refractivity contribution >= 4 is 11.1 Å². The Hall–Kier alpha value is -1.55. The molecule has 0 amide bonds. The SMILES string of the molecule is CCNC(Cn1c(=O)oc2ccccc21)C1CCCC1. The van der Waals surface area contributed by atoms with Gasteiger partial charge in [0.05, 0.1) is 5.52 Å². The van der Waals surface area contributed by atoms with E-state index in [0.717, 1.165) is 12.1 Å². The second-order valence-electron chi connectivity index (χ2n) is 5.66. The minimum Gasteiger partial charge on any atom is -0.408 e. The first-order chi connectivity index (χ1) is 9.79. The zero-order chi connectivity index (χ0) is 13.9. The molecule has 20 heavy (non-hydrogen) atoms. The van der Waals surface area contributed by atoms with Crippen LogP contribution >= 0.6 is 0 Å². The lowest BCUT2D eigenvalue weighted by Crippen LogP contribution is -2.40. The highest BCUT2D eigenvalue weighted by Gasteiger charge is 2.25. The molecule has 4 nitrogen and oxygen atoms in total. The number of oxazole rings is 1. The zero-order valence-electron chi connectivity index (χ0n) is 12.0. The molecule has 1 aliphatic rings. The molecule has 3 rings (SSSR count). The molecule has 1 N–H and O–H groups in total. The van der Waals surface area contributed by atoms with E-state index in [9.17, 15) is 4.79 Å². The molecule has 1 heterocycles. The van der Waals surface area contributed by atoms with Gasteiger partial charge in [-0.3, -0.25) is 4.57 Å². The van der Waals surface area contributed by atoms with Crippen LogP contribution < -0.4 is 11.1 Å². The Kier molecular flexibility index (Phi) is 3.92. The minimum absolute atomic E-state index is 0.243. The van der Waals surface area contributed by atoms with Crippen molar-refractivity contribution in [3.8, 4) is 0 Å². The second-order valence-corrected chi connectivity index (χ2v) is 5.66. The second kappa shape index (κ2) is 5.83. The Morgan fingerprint density at radius 2 is 2.10 bits per heavy atom. The van der Waals surface area contributed by atoms with E-state index in [1.54, 1.807) is 4.57 Å². The van der Waals surface area contributed by atoms with Gasteiger partial charge >= 0.3 is 5.76 Å². The molecule has 0 bridgehead atoms. The van der Waals surface area contributed by atoms with Gasteiger partial charge in [-0.1, -0.05) is 31.9 Å². The molecule has 1 unspecified atom stereocenters. The van der Waals surface area contributed by atoms with E-state index in [1.165, 1.54) is 25.7 Å². The highest BCUT2D eigenvalue weighted by molar-refractivity contribution is 5.72. The molecule has 1 aromatic carbocycles. The summed E-state index contributed by atoms with van der Waals surface area (Å²) in [6.07, 6.45) is 5.16. The summed E-state index contributed by atoms with van der Waals surface area (Å²) >= 11 is 0. The van der Waals surface area contributed by atoms with Crippen LogP contribution in [0, 0.1) is 5.92 Å². The summed E-state index contributed by atoms with van der Waals surface area (Å²) in [5, 5.41) is 3.55. The molecule has 0 aliphatic heterocycles. The van der Waals surface area contributed by atoms with E-state index in [0.29, 0.717) is 24.1 Å². The summed E-state index contributed by atoms with van der Waals surface area (Å²) in [5.41, 5.74) is 1.58. The van der Waals surface area contributed by atoms with Gasteiger partial charge in [-0.2, -0.15) is 0 Å². The molecule has 0 spiro atoms. The molecule has 1 fully saturated rings. The van der Waals surface area contributed by atoms with Crippen molar-refractivity contribution in [1.29, 1.82) is 0 Å². The molecule has 4 heteroatoms. The summed E-state index contributed by atoms with van der Waals surface area (Å²) in [7, 11) is 0. The fraction of sp³-hybridized carbons (Fsp3) is 0.562. The number of rotatable bonds is 5. The van der Waals surface area contributed by atoms with Crippen LogP contribution in [0.15, 0.2) is 33.5 Å². The van der Waals surface area contributed by atoms with Gasteiger partial charge in [-0.25, -0.2) is 4.79 Å². The predicted molar refractivity (Wildman–Crippen MR) is 79.9 cm³/mol. The summed E-state index contributed by atoms with van der Waals surface area (Å²) < 4.78 is 7.10. The van der Waals surface area contributed by atoms with Gasteiger partial charge in [0.15, 0.2) is 5.58 Å². The van der Waals surface area contributed by atoms with Crippen molar-refractivity contribution < 1.29 is 4.42 Å². The summed E-state index contributed by atoms with van der Waals surface area (Å²) in [6, 6.07) is 8.02. The Morgan fingerprint density at radius 3 is 2.85 bits per heavy atom. The number of likely N-dealkylation sites (N-methyl/N-ethyl adjacent to an activating group) is 1. The van der Waals surface area contributed by atoms with Crippen molar-refractivity contribution in [2.75, 3.05) is 6.54 Å². The quantitative estimate of drug-likeness (QED) is 0.912. The number of benzene rings is 1. The molecule has 108 valence electrons. The maximum Gasteiger partial charge on any atom is 0.420 e. The fourth-order valence-electron chi connectivity index (χ4n) is 3.39. The van der Waals surface area contributed by atoms with Gasteiger partial charge in [0.25, 0.3) is 0 Å². The zero-order valence-corrected chi connectivity index (χ0v) is 12.0. The first-order valence-electron chi connectivity index (χ1n) is 7.61. The van der Waals surface area contributed by atoms with E-state index in [4.69, 9.17) is 4.42 Å². The lowest BCUT2D eigenvalue weighted by Gasteiger charge is -2.24. The van der Waals surface area contributed by atoms with Gasteiger partial charge in [0.2, 0.25) is 0 Å². The largest absolute Gasteiger partial charge is 0.420 e. The summed E-state index contributed by atoms with van der Waals surface area (Å²) in [4.78, 5) is 12.1. The molecule has 0 saturated heterocycles. The van der Waals surface area contributed by atoms with E-state index in [2.05, 4.69) is 12.2 Å². The third-order valence-corrected chi connectivity index (χ3v) is 4.39. The third kappa shape index (κ3) is 2.52. The highest BCUT2D eigenvalue weighted by atomic mass is 16.4. The van der Waals surface area contributed by atoms with Crippen molar-refractivity contribution in [2.24, 2.45) is 5.92 Å².